The van der Waals surface area contributed by atoms with Gasteiger partial charge in [0.2, 0.25) is 10.0 Å². The monoisotopic (exact) mass is 407 g/mol. The Balaban J connectivity index is 1.93. The minimum absolute atomic E-state index is 0.0310. The summed E-state index contributed by atoms with van der Waals surface area (Å²) >= 11 is 0. The van der Waals surface area contributed by atoms with Gasteiger partial charge in [-0.1, -0.05) is 24.3 Å². The summed E-state index contributed by atoms with van der Waals surface area (Å²) in [5, 5.41) is 0. The molecule has 0 bridgehead atoms. The van der Waals surface area contributed by atoms with Gasteiger partial charge in [-0.15, -0.1) is 0 Å². The first-order valence-corrected chi connectivity index (χ1v) is 12.2. The van der Waals surface area contributed by atoms with Gasteiger partial charge in [0, 0.05) is 18.2 Å². The van der Waals surface area contributed by atoms with Crippen LogP contribution in [0.5, 0.6) is 0 Å². The molecule has 1 N–H and O–H groups in total. The second-order valence-electron chi connectivity index (χ2n) is 7.58. The topological polar surface area (TPSA) is 80.3 Å². The molecule has 0 aromatic heterocycles. The van der Waals surface area contributed by atoms with Gasteiger partial charge < -0.3 is 0 Å². The highest BCUT2D eigenvalue weighted by Crippen LogP contribution is 2.49. The molecule has 2 aromatic carbocycles. The molecule has 0 atom stereocenters. The predicted molar refractivity (Wildman–Crippen MR) is 106 cm³/mol. The van der Waals surface area contributed by atoms with Gasteiger partial charge in [0.25, 0.3) is 0 Å². The smallest absolute Gasteiger partial charge is 0.224 e. The van der Waals surface area contributed by atoms with Crippen molar-refractivity contribution in [2.45, 2.75) is 48.8 Å². The molecule has 1 aliphatic carbocycles. The van der Waals surface area contributed by atoms with Crippen LogP contribution >= 0.6 is 0 Å². The van der Waals surface area contributed by atoms with Crippen LogP contribution < -0.4 is 4.72 Å². The van der Waals surface area contributed by atoms with Crippen molar-refractivity contribution >= 4 is 19.9 Å². The van der Waals surface area contributed by atoms with Gasteiger partial charge in [-0.25, -0.2) is 21.6 Å². The molecule has 0 unspecified atom stereocenters. The van der Waals surface area contributed by atoms with Crippen molar-refractivity contribution < 1.29 is 16.8 Å². The first-order valence-electron chi connectivity index (χ1n) is 8.83. The van der Waals surface area contributed by atoms with Crippen LogP contribution in [0.2, 0.25) is 0 Å². The summed E-state index contributed by atoms with van der Waals surface area (Å²) in [6.45, 7) is 5.58. The fourth-order valence-electron chi connectivity index (χ4n) is 3.63. The van der Waals surface area contributed by atoms with Crippen LogP contribution in [0.3, 0.4) is 0 Å². The lowest BCUT2D eigenvalue weighted by Crippen LogP contribution is -2.33. The summed E-state index contributed by atoms with van der Waals surface area (Å²) in [7, 11) is -7.34. The number of sulfonamides is 1. The van der Waals surface area contributed by atoms with Gasteiger partial charge >= 0.3 is 0 Å². The standard InChI is InChI=1S/C20H25NO4S2/c1-14-11-18(26(4,22)23)16(3)19(12-14)27(24,25)21-13-20(9-10-20)17-8-6-5-7-15(17)2/h5-8,11-12,21H,9-10,13H2,1-4H3. The maximum absolute atomic E-state index is 13.0. The molecule has 27 heavy (non-hydrogen) atoms. The Bertz CT molecular complexity index is 1100. The SMILES string of the molecule is Cc1cc(S(C)(=O)=O)c(C)c(S(=O)(=O)NCC2(c3ccccc3C)CC2)c1. The van der Waals surface area contributed by atoms with E-state index in [0.29, 0.717) is 12.1 Å². The van der Waals surface area contributed by atoms with Crippen molar-refractivity contribution in [1.29, 1.82) is 0 Å². The van der Waals surface area contributed by atoms with Crippen molar-refractivity contribution in [3.63, 3.8) is 0 Å². The van der Waals surface area contributed by atoms with E-state index in [1.807, 2.05) is 25.1 Å². The number of sulfone groups is 1. The zero-order chi connectivity index (χ0) is 20.0. The van der Waals surface area contributed by atoms with Crippen LogP contribution in [0.4, 0.5) is 0 Å². The molecule has 3 rings (SSSR count). The lowest BCUT2D eigenvalue weighted by molar-refractivity contribution is 0.565. The number of hydrogen-bond acceptors (Lipinski definition) is 4. The van der Waals surface area contributed by atoms with E-state index in [2.05, 4.69) is 10.8 Å². The maximum atomic E-state index is 13.0. The molecule has 7 heteroatoms. The Morgan fingerprint density at radius 3 is 2.11 bits per heavy atom. The summed E-state index contributed by atoms with van der Waals surface area (Å²) in [5.41, 5.74) is 3.01. The Morgan fingerprint density at radius 1 is 0.963 bits per heavy atom. The van der Waals surface area contributed by atoms with Crippen LogP contribution in [-0.4, -0.2) is 29.6 Å². The third-order valence-corrected chi connectivity index (χ3v) is 8.07. The molecular formula is C20H25NO4S2. The molecule has 1 fully saturated rings. The van der Waals surface area contributed by atoms with Crippen molar-refractivity contribution in [3.05, 3.63) is 58.7 Å². The van der Waals surface area contributed by atoms with Crippen molar-refractivity contribution in [2.24, 2.45) is 0 Å². The van der Waals surface area contributed by atoms with E-state index in [4.69, 9.17) is 0 Å². The summed E-state index contributed by atoms with van der Waals surface area (Å²) in [5.74, 6) is 0. The minimum Gasteiger partial charge on any atom is -0.224 e. The van der Waals surface area contributed by atoms with Crippen LogP contribution in [0.1, 0.15) is 35.1 Å². The van der Waals surface area contributed by atoms with E-state index >= 15 is 0 Å². The Labute approximate surface area is 161 Å². The van der Waals surface area contributed by atoms with Gasteiger partial charge in [0.1, 0.15) is 0 Å². The molecule has 0 saturated heterocycles. The lowest BCUT2D eigenvalue weighted by atomic mass is 9.92. The Morgan fingerprint density at radius 2 is 1.56 bits per heavy atom. The molecule has 0 spiro atoms. The quantitative estimate of drug-likeness (QED) is 0.798. The van der Waals surface area contributed by atoms with E-state index < -0.39 is 19.9 Å². The normalized spacial score (nSPS) is 16.3. The van der Waals surface area contributed by atoms with E-state index in [1.54, 1.807) is 13.8 Å². The highest BCUT2D eigenvalue weighted by molar-refractivity contribution is 7.91. The highest BCUT2D eigenvalue weighted by atomic mass is 32.2. The zero-order valence-corrected chi connectivity index (χ0v) is 17.7. The molecule has 0 radical (unpaired) electrons. The summed E-state index contributed by atoms with van der Waals surface area (Å²) in [6.07, 6.45) is 2.96. The van der Waals surface area contributed by atoms with Gasteiger partial charge in [-0.2, -0.15) is 0 Å². The first kappa shape index (κ1) is 20.0. The minimum atomic E-state index is -3.82. The van der Waals surface area contributed by atoms with E-state index in [9.17, 15) is 16.8 Å². The van der Waals surface area contributed by atoms with Crippen LogP contribution in [0, 0.1) is 20.8 Å². The number of aryl methyl sites for hydroxylation is 2. The van der Waals surface area contributed by atoms with Crippen molar-refractivity contribution in [1.82, 2.24) is 4.72 Å². The third-order valence-electron chi connectivity index (χ3n) is 5.32. The molecule has 5 nitrogen and oxygen atoms in total. The van der Waals surface area contributed by atoms with Crippen LogP contribution in [0.25, 0.3) is 0 Å². The van der Waals surface area contributed by atoms with Crippen LogP contribution in [-0.2, 0) is 25.3 Å². The molecule has 1 saturated carbocycles. The van der Waals surface area contributed by atoms with E-state index in [1.165, 1.54) is 17.7 Å². The number of hydrogen-bond donors (Lipinski definition) is 1. The number of benzene rings is 2. The fourth-order valence-corrected chi connectivity index (χ4v) is 6.24. The second-order valence-corrected chi connectivity index (χ2v) is 11.3. The summed E-state index contributed by atoms with van der Waals surface area (Å²) in [4.78, 5) is 0.0893. The average Bonchev–Trinajstić information content (AvgIpc) is 3.35. The van der Waals surface area contributed by atoms with E-state index in [0.717, 1.165) is 24.7 Å². The molecule has 0 amide bonds. The molecule has 1 aliphatic rings. The first-order chi connectivity index (χ1) is 12.5. The number of nitrogens with one attached hydrogen (secondary N) is 1. The third kappa shape index (κ3) is 3.95. The summed E-state index contributed by atoms with van der Waals surface area (Å²) in [6, 6.07) is 11.1. The van der Waals surface area contributed by atoms with Crippen LogP contribution in [0.15, 0.2) is 46.2 Å². The zero-order valence-electron chi connectivity index (χ0n) is 16.0. The van der Waals surface area contributed by atoms with E-state index in [-0.39, 0.29) is 20.8 Å². The van der Waals surface area contributed by atoms with Gasteiger partial charge in [-0.05, 0) is 68.0 Å². The van der Waals surface area contributed by atoms with Crippen molar-refractivity contribution in [2.75, 3.05) is 12.8 Å². The molecule has 2 aromatic rings. The fraction of sp³-hybridized carbons (Fsp3) is 0.400. The highest BCUT2D eigenvalue weighted by Gasteiger charge is 2.45. The van der Waals surface area contributed by atoms with Crippen molar-refractivity contribution in [3.8, 4) is 0 Å². The predicted octanol–water partition coefficient (Wildman–Crippen LogP) is 3.03. The molecule has 0 aliphatic heterocycles. The molecular weight excluding hydrogens is 382 g/mol. The Hall–Kier alpha value is -1.70. The van der Waals surface area contributed by atoms with Gasteiger partial charge in [0.05, 0.1) is 9.79 Å². The number of rotatable bonds is 6. The summed E-state index contributed by atoms with van der Waals surface area (Å²) < 4.78 is 52.7. The lowest BCUT2D eigenvalue weighted by Gasteiger charge is -2.20. The molecule has 0 heterocycles. The average molecular weight is 408 g/mol. The van der Waals surface area contributed by atoms with Gasteiger partial charge in [-0.3, -0.25) is 0 Å². The molecule has 146 valence electrons. The maximum Gasteiger partial charge on any atom is 0.240 e. The van der Waals surface area contributed by atoms with Gasteiger partial charge in [0.15, 0.2) is 9.84 Å². The largest absolute Gasteiger partial charge is 0.240 e. The second kappa shape index (κ2) is 6.72. The Kier molecular flexibility index (Phi) is 4.99.